The van der Waals surface area contributed by atoms with Gasteiger partial charge in [-0.2, -0.15) is 10.2 Å². The van der Waals surface area contributed by atoms with Crippen molar-refractivity contribution in [3.63, 3.8) is 0 Å². The average molecular weight is 362 g/mol. The number of methoxy groups -OCH3 is 1. The summed E-state index contributed by atoms with van der Waals surface area (Å²) in [6.45, 7) is 4.12. The molecule has 4 heterocycles. The van der Waals surface area contributed by atoms with Crippen molar-refractivity contribution in [1.82, 2.24) is 29.0 Å². The highest BCUT2D eigenvalue weighted by Crippen LogP contribution is 2.31. The summed E-state index contributed by atoms with van der Waals surface area (Å²) in [5.74, 6) is 1.47. The molecule has 0 aromatic carbocycles. The summed E-state index contributed by atoms with van der Waals surface area (Å²) in [5, 5.41) is 16.7. The van der Waals surface area contributed by atoms with Crippen molar-refractivity contribution in [3.05, 3.63) is 37.1 Å². The molecule has 4 aromatic rings. The van der Waals surface area contributed by atoms with Crippen molar-refractivity contribution in [2.24, 2.45) is 5.41 Å². The Hall–Kier alpha value is -3.67. The van der Waals surface area contributed by atoms with Gasteiger partial charge in [0, 0.05) is 48.7 Å². The van der Waals surface area contributed by atoms with E-state index < -0.39 is 5.41 Å². The number of ether oxygens (including phenoxy) is 1. The summed E-state index contributed by atoms with van der Waals surface area (Å²) in [5.41, 5.74) is 2.01. The van der Waals surface area contributed by atoms with E-state index in [0.717, 1.165) is 16.6 Å². The van der Waals surface area contributed by atoms with Gasteiger partial charge in [-0.15, -0.1) is 5.10 Å². The Labute approximate surface area is 155 Å². The number of aromatic nitrogens is 6. The van der Waals surface area contributed by atoms with Crippen LogP contribution >= 0.6 is 0 Å². The number of nitriles is 1. The zero-order valence-electron chi connectivity index (χ0n) is 15.2. The van der Waals surface area contributed by atoms with Crippen molar-refractivity contribution in [2.45, 2.75) is 13.8 Å². The van der Waals surface area contributed by atoms with Gasteiger partial charge in [0.05, 0.1) is 18.6 Å². The fraction of sp³-hybridized carbons (Fsp3) is 0.278. The lowest BCUT2D eigenvalue weighted by Gasteiger charge is -2.16. The van der Waals surface area contributed by atoms with E-state index in [2.05, 4.69) is 31.4 Å². The van der Waals surface area contributed by atoms with Gasteiger partial charge in [0.1, 0.15) is 5.52 Å². The standard InChI is InChI=1S/C18H18N8O/c1-18(2,10-19)11-22-16-23-15(27-3)14-13(4-6-26(14)24-16)12-8-21-17-20-5-7-25(17)9-12/h4-9H,11H2,1-3H3,(H,22,24). The molecule has 0 amide bonds. The third kappa shape index (κ3) is 3.01. The van der Waals surface area contributed by atoms with Crippen LogP contribution in [0, 0.1) is 16.7 Å². The fourth-order valence-corrected chi connectivity index (χ4v) is 2.74. The third-order valence-corrected chi connectivity index (χ3v) is 4.22. The number of anilines is 1. The number of rotatable bonds is 5. The van der Waals surface area contributed by atoms with Crippen molar-refractivity contribution in [1.29, 1.82) is 5.26 Å². The molecule has 0 unspecified atom stereocenters. The zero-order chi connectivity index (χ0) is 19.0. The lowest BCUT2D eigenvalue weighted by molar-refractivity contribution is 0.399. The minimum atomic E-state index is -0.528. The Morgan fingerprint density at radius 2 is 2.15 bits per heavy atom. The largest absolute Gasteiger partial charge is 0.479 e. The van der Waals surface area contributed by atoms with Gasteiger partial charge in [0.25, 0.3) is 0 Å². The number of nitrogens with one attached hydrogen (secondary N) is 1. The summed E-state index contributed by atoms with van der Waals surface area (Å²) in [4.78, 5) is 13.0. The number of nitrogens with zero attached hydrogens (tertiary/aromatic N) is 7. The molecule has 4 aromatic heterocycles. The van der Waals surface area contributed by atoms with E-state index in [-0.39, 0.29) is 0 Å². The van der Waals surface area contributed by atoms with Crippen molar-refractivity contribution in [3.8, 4) is 23.1 Å². The molecule has 0 saturated carbocycles. The highest BCUT2D eigenvalue weighted by molar-refractivity contribution is 5.84. The first-order valence-electron chi connectivity index (χ1n) is 8.38. The van der Waals surface area contributed by atoms with Crippen LogP contribution in [0.4, 0.5) is 5.95 Å². The second kappa shape index (κ2) is 6.25. The molecule has 0 bridgehead atoms. The molecule has 0 aliphatic carbocycles. The van der Waals surface area contributed by atoms with Crippen molar-refractivity contribution < 1.29 is 4.74 Å². The van der Waals surface area contributed by atoms with Crippen LogP contribution in [0.3, 0.4) is 0 Å². The SMILES string of the molecule is COc1nc(NCC(C)(C)C#N)nn2ccc(-c3cnc4nccn4c3)c12. The third-order valence-electron chi connectivity index (χ3n) is 4.22. The van der Waals surface area contributed by atoms with E-state index in [1.54, 1.807) is 24.0 Å². The first kappa shape index (κ1) is 16.8. The van der Waals surface area contributed by atoms with Gasteiger partial charge in [-0.3, -0.25) is 4.40 Å². The lowest BCUT2D eigenvalue weighted by atomic mass is 9.96. The van der Waals surface area contributed by atoms with Crippen LogP contribution in [0.5, 0.6) is 5.88 Å². The molecule has 136 valence electrons. The van der Waals surface area contributed by atoms with E-state index in [0.29, 0.717) is 24.2 Å². The quantitative estimate of drug-likeness (QED) is 0.581. The smallest absolute Gasteiger partial charge is 0.244 e. The van der Waals surface area contributed by atoms with Gasteiger partial charge in [-0.1, -0.05) is 0 Å². The van der Waals surface area contributed by atoms with E-state index in [1.807, 2.05) is 42.9 Å². The van der Waals surface area contributed by atoms with Gasteiger partial charge in [-0.05, 0) is 19.9 Å². The maximum absolute atomic E-state index is 9.16. The number of hydrogen-bond acceptors (Lipinski definition) is 7. The maximum Gasteiger partial charge on any atom is 0.244 e. The fourth-order valence-electron chi connectivity index (χ4n) is 2.74. The van der Waals surface area contributed by atoms with Crippen LogP contribution in [0.1, 0.15) is 13.8 Å². The van der Waals surface area contributed by atoms with Crippen LogP contribution in [0.15, 0.2) is 37.1 Å². The monoisotopic (exact) mass is 362 g/mol. The number of imidazole rings is 1. The minimum absolute atomic E-state index is 0.396. The summed E-state index contributed by atoms with van der Waals surface area (Å²) in [6.07, 6.45) is 9.10. The first-order chi connectivity index (χ1) is 13.0. The molecule has 0 spiro atoms. The summed E-state index contributed by atoms with van der Waals surface area (Å²) >= 11 is 0. The molecule has 0 aliphatic rings. The van der Waals surface area contributed by atoms with E-state index in [4.69, 9.17) is 10.00 Å². The Kier molecular flexibility index (Phi) is 3.88. The number of hydrogen-bond donors (Lipinski definition) is 1. The minimum Gasteiger partial charge on any atom is -0.479 e. The van der Waals surface area contributed by atoms with Crippen LogP contribution in [-0.4, -0.2) is 42.6 Å². The Morgan fingerprint density at radius 1 is 1.30 bits per heavy atom. The predicted octanol–water partition coefficient (Wildman–Crippen LogP) is 2.41. The molecule has 9 nitrogen and oxygen atoms in total. The van der Waals surface area contributed by atoms with Gasteiger partial charge in [0.15, 0.2) is 0 Å². The Bertz CT molecular complexity index is 1170. The molecule has 0 fully saturated rings. The van der Waals surface area contributed by atoms with Crippen LogP contribution in [0.25, 0.3) is 22.4 Å². The topological polar surface area (TPSA) is 105 Å². The molecule has 0 atom stereocenters. The van der Waals surface area contributed by atoms with Gasteiger partial charge >= 0.3 is 0 Å². The molecule has 9 heteroatoms. The van der Waals surface area contributed by atoms with Crippen LogP contribution in [-0.2, 0) is 0 Å². The van der Waals surface area contributed by atoms with Gasteiger partial charge in [-0.25, -0.2) is 14.5 Å². The number of fused-ring (bicyclic) bond motifs is 2. The van der Waals surface area contributed by atoms with E-state index in [9.17, 15) is 0 Å². The Balaban J connectivity index is 1.77. The summed E-state index contributed by atoms with van der Waals surface area (Å²) in [7, 11) is 1.57. The molecule has 0 radical (unpaired) electrons. The first-order valence-corrected chi connectivity index (χ1v) is 8.38. The molecular weight excluding hydrogens is 344 g/mol. The van der Waals surface area contributed by atoms with Crippen molar-refractivity contribution >= 4 is 17.2 Å². The predicted molar refractivity (Wildman–Crippen MR) is 99.4 cm³/mol. The molecule has 0 aliphatic heterocycles. The van der Waals surface area contributed by atoms with Crippen molar-refractivity contribution in [2.75, 3.05) is 19.0 Å². The lowest BCUT2D eigenvalue weighted by Crippen LogP contribution is -2.22. The molecular formula is C18H18N8O. The average Bonchev–Trinajstić information content (AvgIpc) is 3.31. The normalized spacial score (nSPS) is 11.6. The highest BCUT2D eigenvalue weighted by atomic mass is 16.5. The maximum atomic E-state index is 9.16. The second-order valence-corrected chi connectivity index (χ2v) is 6.79. The van der Waals surface area contributed by atoms with Crippen LogP contribution < -0.4 is 10.1 Å². The Morgan fingerprint density at radius 3 is 2.93 bits per heavy atom. The highest BCUT2D eigenvalue weighted by Gasteiger charge is 2.19. The van der Waals surface area contributed by atoms with E-state index in [1.165, 1.54) is 0 Å². The van der Waals surface area contributed by atoms with Gasteiger partial charge < -0.3 is 10.1 Å². The summed E-state index contributed by atoms with van der Waals surface area (Å²) < 4.78 is 9.07. The molecule has 0 saturated heterocycles. The molecule has 4 rings (SSSR count). The second-order valence-electron chi connectivity index (χ2n) is 6.79. The molecule has 27 heavy (non-hydrogen) atoms. The van der Waals surface area contributed by atoms with E-state index >= 15 is 0 Å². The summed E-state index contributed by atoms with van der Waals surface area (Å²) in [6, 6.07) is 4.18. The van der Waals surface area contributed by atoms with Crippen LogP contribution in [0.2, 0.25) is 0 Å². The van der Waals surface area contributed by atoms with Gasteiger partial charge in [0.2, 0.25) is 17.6 Å². The molecule has 1 N–H and O–H groups in total. The zero-order valence-corrected chi connectivity index (χ0v) is 15.2.